The monoisotopic (exact) mass is 173 g/mol. The SMILES string of the molecule is CCCC(CC1OCCO1)NC. The zero-order valence-electron chi connectivity index (χ0n) is 8.01. The Hall–Kier alpha value is -0.120. The van der Waals surface area contributed by atoms with Crippen LogP contribution in [0.25, 0.3) is 0 Å². The lowest BCUT2D eigenvalue weighted by Gasteiger charge is -2.18. The molecule has 0 bridgehead atoms. The largest absolute Gasteiger partial charge is 0.350 e. The minimum absolute atomic E-state index is 0.0361. The van der Waals surface area contributed by atoms with Crippen molar-refractivity contribution in [3.05, 3.63) is 0 Å². The highest BCUT2D eigenvalue weighted by molar-refractivity contribution is 4.67. The molecule has 0 aromatic heterocycles. The van der Waals surface area contributed by atoms with Gasteiger partial charge in [-0.2, -0.15) is 0 Å². The Morgan fingerprint density at radius 3 is 2.58 bits per heavy atom. The number of hydrogen-bond acceptors (Lipinski definition) is 3. The van der Waals surface area contributed by atoms with Crippen molar-refractivity contribution in [2.45, 2.75) is 38.5 Å². The van der Waals surface area contributed by atoms with Crippen molar-refractivity contribution in [2.75, 3.05) is 20.3 Å². The molecule has 0 aliphatic carbocycles. The van der Waals surface area contributed by atoms with Crippen LogP contribution in [0, 0.1) is 0 Å². The van der Waals surface area contributed by atoms with Gasteiger partial charge in [-0.3, -0.25) is 0 Å². The van der Waals surface area contributed by atoms with Crippen molar-refractivity contribution >= 4 is 0 Å². The van der Waals surface area contributed by atoms with E-state index in [0.29, 0.717) is 6.04 Å². The van der Waals surface area contributed by atoms with Gasteiger partial charge in [0.25, 0.3) is 0 Å². The van der Waals surface area contributed by atoms with E-state index >= 15 is 0 Å². The van der Waals surface area contributed by atoms with Crippen LogP contribution >= 0.6 is 0 Å². The molecule has 0 amide bonds. The van der Waals surface area contributed by atoms with Gasteiger partial charge in [0.05, 0.1) is 13.2 Å². The molecule has 0 saturated carbocycles. The fourth-order valence-electron chi connectivity index (χ4n) is 1.50. The molecule has 3 nitrogen and oxygen atoms in total. The van der Waals surface area contributed by atoms with E-state index in [2.05, 4.69) is 12.2 Å². The van der Waals surface area contributed by atoms with Crippen molar-refractivity contribution in [2.24, 2.45) is 0 Å². The molecule has 1 fully saturated rings. The van der Waals surface area contributed by atoms with Crippen molar-refractivity contribution in [1.29, 1.82) is 0 Å². The maximum absolute atomic E-state index is 5.37. The molecule has 3 heteroatoms. The van der Waals surface area contributed by atoms with Crippen LogP contribution in [0.2, 0.25) is 0 Å². The topological polar surface area (TPSA) is 30.5 Å². The molecule has 0 spiro atoms. The standard InChI is InChI=1S/C9H19NO2/c1-3-4-8(10-2)7-9-11-5-6-12-9/h8-10H,3-7H2,1-2H3. The van der Waals surface area contributed by atoms with E-state index in [-0.39, 0.29) is 6.29 Å². The lowest BCUT2D eigenvalue weighted by molar-refractivity contribution is -0.0527. The molecule has 1 N–H and O–H groups in total. The Morgan fingerprint density at radius 1 is 1.42 bits per heavy atom. The van der Waals surface area contributed by atoms with Crippen molar-refractivity contribution < 1.29 is 9.47 Å². The van der Waals surface area contributed by atoms with Crippen molar-refractivity contribution in [1.82, 2.24) is 5.32 Å². The van der Waals surface area contributed by atoms with Crippen LogP contribution in [0.3, 0.4) is 0 Å². The summed E-state index contributed by atoms with van der Waals surface area (Å²) < 4.78 is 10.7. The minimum Gasteiger partial charge on any atom is -0.350 e. The second-order valence-electron chi connectivity index (χ2n) is 3.18. The van der Waals surface area contributed by atoms with Gasteiger partial charge in [-0.05, 0) is 13.5 Å². The minimum atomic E-state index is 0.0361. The summed E-state index contributed by atoms with van der Waals surface area (Å²) in [6.45, 7) is 3.71. The molecule has 0 radical (unpaired) electrons. The highest BCUT2D eigenvalue weighted by atomic mass is 16.7. The first-order chi connectivity index (χ1) is 5.86. The quantitative estimate of drug-likeness (QED) is 0.676. The predicted octanol–water partition coefficient (Wildman–Crippen LogP) is 1.14. The number of ether oxygens (including phenoxy) is 2. The highest BCUT2D eigenvalue weighted by Gasteiger charge is 2.19. The van der Waals surface area contributed by atoms with E-state index in [9.17, 15) is 0 Å². The summed E-state index contributed by atoms with van der Waals surface area (Å²) in [5.74, 6) is 0. The summed E-state index contributed by atoms with van der Waals surface area (Å²) in [5.41, 5.74) is 0. The Kier molecular flexibility index (Phi) is 4.58. The number of hydrogen-bond donors (Lipinski definition) is 1. The Bertz CT molecular complexity index is 113. The molecule has 1 unspecified atom stereocenters. The Balaban J connectivity index is 2.16. The van der Waals surface area contributed by atoms with E-state index in [1.165, 1.54) is 12.8 Å². The summed E-state index contributed by atoms with van der Waals surface area (Å²) in [5, 5.41) is 3.27. The lowest BCUT2D eigenvalue weighted by atomic mass is 10.1. The third-order valence-electron chi connectivity index (χ3n) is 2.21. The number of nitrogens with one attached hydrogen (secondary N) is 1. The molecule has 1 aliphatic heterocycles. The summed E-state index contributed by atoms with van der Waals surface area (Å²) in [6.07, 6.45) is 3.41. The molecule has 1 saturated heterocycles. The zero-order valence-corrected chi connectivity index (χ0v) is 8.01. The average molecular weight is 173 g/mol. The van der Waals surface area contributed by atoms with Gasteiger partial charge in [0.1, 0.15) is 0 Å². The number of rotatable bonds is 5. The Labute approximate surface area is 74.4 Å². The smallest absolute Gasteiger partial charge is 0.159 e. The van der Waals surface area contributed by atoms with E-state index in [1.54, 1.807) is 0 Å². The third-order valence-corrected chi connectivity index (χ3v) is 2.21. The molecule has 0 aromatic carbocycles. The summed E-state index contributed by atoms with van der Waals surface area (Å²) in [6, 6.07) is 0.540. The van der Waals surface area contributed by atoms with Gasteiger partial charge in [0.2, 0.25) is 0 Å². The van der Waals surface area contributed by atoms with Gasteiger partial charge in [0, 0.05) is 12.5 Å². The summed E-state index contributed by atoms with van der Waals surface area (Å²) >= 11 is 0. The second kappa shape index (κ2) is 5.51. The second-order valence-corrected chi connectivity index (χ2v) is 3.18. The van der Waals surface area contributed by atoms with Gasteiger partial charge in [-0.25, -0.2) is 0 Å². The van der Waals surface area contributed by atoms with E-state index in [1.807, 2.05) is 7.05 Å². The van der Waals surface area contributed by atoms with Gasteiger partial charge in [0.15, 0.2) is 6.29 Å². The van der Waals surface area contributed by atoms with Gasteiger partial charge in [-0.1, -0.05) is 13.3 Å². The summed E-state index contributed by atoms with van der Waals surface area (Å²) in [4.78, 5) is 0. The van der Waals surface area contributed by atoms with Crippen LogP contribution in [0.5, 0.6) is 0 Å². The van der Waals surface area contributed by atoms with Crippen LogP contribution in [0.1, 0.15) is 26.2 Å². The summed E-state index contributed by atoms with van der Waals surface area (Å²) in [7, 11) is 2.00. The van der Waals surface area contributed by atoms with E-state index in [0.717, 1.165) is 19.6 Å². The van der Waals surface area contributed by atoms with Crippen LogP contribution < -0.4 is 5.32 Å². The molecule has 1 aliphatic rings. The van der Waals surface area contributed by atoms with Crippen molar-refractivity contribution in [3.63, 3.8) is 0 Å². The molecular weight excluding hydrogens is 154 g/mol. The predicted molar refractivity (Wildman–Crippen MR) is 48.1 cm³/mol. The first-order valence-corrected chi connectivity index (χ1v) is 4.77. The van der Waals surface area contributed by atoms with Crippen molar-refractivity contribution in [3.8, 4) is 0 Å². The fraction of sp³-hybridized carbons (Fsp3) is 1.00. The normalized spacial score (nSPS) is 21.5. The van der Waals surface area contributed by atoms with Gasteiger partial charge < -0.3 is 14.8 Å². The van der Waals surface area contributed by atoms with Crippen LogP contribution in [-0.4, -0.2) is 32.6 Å². The first kappa shape index (κ1) is 9.96. The fourth-order valence-corrected chi connectivity index (χ4v) is 1.50. The van der Waals surface area contributed by atoms with Gasteiger partial charge >= 0.3 is 0 Å². The van der Waals surface area contributed by atoms with Crippen LogP contribution in [0.4, 0.5) is 0 Å². The molecule has 0 aromatic rings. The lowest BCUT2D eigenvalue weighted by Crippen LogP contribution is -2.30. The molecule has 1 heterocycles. The van der Waals surface area contributed by atoms with E-state index in [4.69, 9.17) is 9.47 Å². The van der Waals surface area contributed by atoms with E-state index < -0.39 is 0 Å². The first-order valence-electron chi connectivity index (χ1n) is 4.77. The molecule has 72 valence electrons. The molecule has 12 heavy (non-hydrogen) atoms. The molecule has 1 rings (SSSR count). The highest BCUT2D eigenvalue weighted by Crippen LogP contribution is 2.12. The molecular formula is C9H19NO2. The maximum Gasteiger partial charge on any atom is 0.159 e. The zero-order chi connectivity index (χ0) is 8.81. The van der Waals surface area contributed by atoms with Crippen LogP contribution in [0.15, 0.2) is 0 Å². The average Bonchev–Trinajstić information content (AvgIpc) is 2.56. The third kappa shape index (κ3) is 3.09. The van der Waals surface area contributed by atoms with Gasteiger partial charge in [-0.15, -0.1) is 0 Å². The maximum atomic E-state index is 5.37. The van der Waals surface area contributed by atoms with Crippen LogP contribution in [-0.2, 0) is 9.47 Å². The Morgan fingerprint density at radius 2 is 2.08 bits per heavy atom. The molecule has 1 atom stereocenters.